The molecule has 0 aliphatic heterocycles. The van der Waals surface area contributed by atoms with Crippen LogP contribution in [-0.4, -0.2) is 19.6 Å². The lowest BCUT2D eigenvalue weighted by molar-refractivity contribution is -0.144. The van der Waals surface area contributed by atoms with Crippen molar-refractivity contribution in [2.45, 2.75) is 26.2 Å². The van der Waals surface area contributed by atoms with Crippen LogP contribution in [0.2, 0.25) is 0 Å². The third kappa shape index (κ3) is 2.88. The summed E-state index contributed by atoms with van der Waals surface area (Å²) in [4.78, 5) is 0. The number of alkyl halides is 3. The molecule has 2 aromatic rings. The molecule has 104 valence electrons. The monoisotopic (exact) mass is 273 g/mol. The minimum Gasteiger partial charge on any atom is -0.378 e. The summed E-state index contributed by atoms with van der Waals surface area (Å²) >= 11 is 0. The molecule has 0 aliphatic carbocycles. The number of hydrogen-bond acceptors (Lipinski definition) is 3. The first-order chi connectivity index (χ1) is 8.91. The molecule has 2 rings (SSSR count). The number of nitrogens with one attached hydrogen (secondary N) is 1. The molecular weight excluding hydrogens is 259 g/mol. The Morgan fingerprint density at radius 3 is 2.58 bits per heavy atom. The molecule has 0 unspecified atom stereocenters. The first-order valence-corrected chi connectivity index (χ1v) is 5.76. The van der Waals surface area contributed by atoms with E-state index < -0.39 is 11.9 Å². The zero-order chi connectivity index (χ0) is 14.0. The van der Waals surface area contributed by atoms with E-state index in [1.54, 1.807) is 17.1 Å². The molecule has 0 fully saturated rings. The summed E-state index contributed by atoms with van der Waals surface area (Å²) in [5.74, 6) is 0. The molecule has 0 aromatic carbocycles. The van der Waals surface area contributed by atoms with Gasteiger partial charge in [0.15, 0.2) is 0 Å². The number of aromatic nitrogens is 4. The molecule has 0 spiro atoms. The average molecular weight is 273 g/mol. The predicted molar refractivity (Wildman–Crippen MR) is 63.4 cm³/mol. The number of halogens is 3. The maximum Gasteiger partial charge on any atom is 0.433 e. The zero-order valence-corrected chi connectivity index (χ0v) is 10.6. The molecule has 0 saturated heterocycles. The standard InChI is InChI=1S/C11H14F3N5/c1-3-19-7-9(6-17-19)15-4-8-5-16-18(2)10(8)11(12,13)14/h5-7,15H,3-4H2,1-2H3. The minimum atomic E-state index is -4.41. The van der Waals surface area contributed by atoms with E-state index in [0.29, 0.717) is 12.2 Å². The maximum absolute atomic E-state index is 12.8. The van der Waals surface area contributed by atoms with Crippen LogP contribution in [0.1, 0.15) is 18.2 Å². The van der Waals surface area contributed by atoms with E-state index in [2.05, 4.69) is 15.5 Å². The van der Waals surface area contributed by atoms with E-state index in [1.807, 2.05) is 6.92 Å². The molecule has 1 N–H and O–H groups in total. The van der Waals surface area contributed by atoms with Gasteiger partial charge in [-0.05, 0) is 6.92 Å². The Morgan fingerprint density at radius 1 is 1.26 bits per heavy atom. The number of nitrogens with zero attached hydrogens (tertiary/aromatic N) is 4. The smallest absolute Gasteiger partial charge is 0.378 e. The van der Waals surface area contributed by atoms with Gasteiger partial charge in [0, 0.05) is 31.9 Å². The summed E-state index contributed by atoms with van der Waals surface area (Å²) < 4.78 is 41.0. The fraction of sp³-hybridized carbons (Fsp3) is 0.455. The van der Waals surface area contributed by atoms with E-state index in [4.69, 9.17) is 0 Å². The fourth-order valence-electron chi connectivity index (χ4n) is 1.80. The summed E-state index contributed by atoms with van der Waals surface area (Å²) in [6.45, 7) is 2.69. The van der Waals surface area contributed by atoms with Crippen LogP contribution in [0, 0.1) is 0 Å². The van der Waals surface area contributed by atoms with Gasteiger partial charge in [-0.3, -0.25) is 9.36 Å². The van der Waals surface area contributed by atoms with Gasteiger partial charge in [-0.25, -0.2) is 0 Å². The van der Waals surface area contributed by atoms with Gasteiger partial charge in [0.1, 0.15) is 5.69 Å². The molecule has 5 nitrogen and oxygen atoms in total. The van der Waals surface area contributed by atoms with Gasteiger partial charge >= 0.3 is 6.18 Å². The van der Waals surface area contributed by atoms with Gasteiger partial charge in [0.2, 0.25) is 0 Å². The number of hydrogen-bond donors (Lipinski definition) is 1. The molecule has 0 aliphatic rings. The molecule has 19 heavy (non-hydrogen) atoms. The van der Waals surface area contributed by atoms with Crippen molar-refractivity contribution in [2.24, 2.45) is 7.05 Å². The van der Waals surface area contributed by atoms with Crippen molar-refractivity contribution >= 4 is 5.69 Å². The van der Waals surface area contributed by atoms with E-state index in [-0.39, 0.29) is 12.1 Å². The zero-order valence-electron chi connectivity index (χ0n) is 10.6. The van der Waals surface area contributed by atoms with Crippen molar-refractivity contribution < 1.29 is 13.2 Å². The Hall–Kier alpha value is -1.99. The summed E-state index contributed by atoms with van der Waals surface area (Å²) in [5.41, 5.74) is 0.0564. The van der Waals surface area contributed by atoms with Crippen molar-refractivity contribution in [3.05, 3.63) is 29.8 Å². The van der Waals surface area contributed by atoms with Crippen LogP contribution in [0.15, 0.2) is 18.6 Å². The third-order valence-electron chi connectivity index (χ3n) is 2.72. The molecule has 2 heterocycles. The van der Waals surface area contributed by atoms with Gasteiger partial charge in [-0.1, -0.05) is 0 Å². The van der Waals surface area contributed by atoms with Crippen LogP contribution in [0.4, 0.5) is 18.9 Å². The Kier molecular flexibility index (Phi) is 3.50. The molecule has 0 amide bonds. The van der Waals surface area contributed by atoms with Crippen molar-refractivity contribution in [3.8, 4) is 0 Å². The molecule has 8 heteroatoms. The maximum atomic E-state index is 12.8. The SMILES string of the molecule is CCn1cc(NCc2cnn(C)c2C(F)(F)F)cn1. The summed E-state index contributed by atoms with van der Waals surface area (Å²) in [7, 11) is 1.28. The van der Waals surface area contributed by atoms with Crippen LogP contribution < -0.4 is 5.32 Å². The van der Waals surface area contributed by atoms with E-state index in [9.17, 15) is 13.2 Å². The highest BCUT2D eigenvalue weighted by Crippen LogP contribution is 2.31. The lowest BCUT2D eigenvalue weighted by Gasteiger charge is -2.10. The highest BCUT2D eigenvalue weighted by atomic mass is 19.4. The molecule has 2 aromatic heterocycles. The first kappa shape index (κ1) is 13.4. The lowest BCUT2D eigenvalue weighted by atomic mass is 10.2. The molecule has 0 bridgehead atoms. The average Bonchev–Trinajstić information content (AvgIpc) is 2.91. The predicted octanol–water partition coefficient (Wildman–Crippen LogP) is 2.27. The Morgan fingerprint density at radius 2 is 2.00 bits per heavy atom. The highest BCUT2D eigenvalue weighted by Gasteiger charge is 2.37. The van der Waals surface area contributed by atoms with Gasteiger partial charge in [-0.2, -0.15) is 23.4 Å². The lowest BCUT2D eigenvalue weighted by Crippen LogP contribution is -2.15. The van der Waals surface area contributed by atoms with E-state index in [0.717, 1.165) is 4.68 Å². The first-order valence-electron chi connectivity index (χ1n) is 5.76. The molecule has 0 saturated carbocycles. The van der Waals surface area contributed by atoms with E-state index in [1.165, 1.54) is 13.2 Å². The number of aryl methyl sites for hydroxylation is 2. The van der Waals surface area contributed by atoms with Crippen molar-refractivity contribution in [2.75, 3.05) is 5.32 Å². The second-order valence-corrected chi connectivity index (χ2v) is 4.08. The van der Waals surface area contributed by atoms with Crippen molar-refractivity contribution in [1.82, 2.24) is 19.6 Å². The molecular formula is C11H14F3N5. The summed E-state index contributed by atoms with van der Waals surface area (Å²) in [6.07, 6.45) is 0.132. The van der Waals surface area contributed by atoms with Gasteiger partial charge in [0.25, 0.3) is 0 Å². The fourth-order valence-corrected chi connectivity index (χ4v) is 1.80. The van der Waals surface area contributed by atoms with Crippen molar-refractivity contribution in [1.29, 1.82) is 0 Å². The Balaban J connectivity index is 2.12. The topological polar surface area (TPSA) is 47.7 Å². The largest absolute Gasteiger partial charge is 0.433 e. The van der Waals surface area contributed by atoms with Crippen LogP contribution in [0.25, 0.3) is 0 Å². The quantitative estimate of drug-likeness (QED) is 0.929. The van der Waals surface area contributed by atoms with Gasteiger partial charge in [-0.15, -0.1) is 0 Å². The van der Waals surface area contributed by atoms with E-state index >= 15 is 0 Å². The Labute approximate surface area is 108 Å². The Bertz CT molecular complexity index is 555. The van der Waals surface area contributed by atoms with Crippen LogP contribution >= 0.6 is 0 Å². The third-order valence-corrected chi connectivity index (χ3v) is 2.72. The van der Waals surface area contributed by atoms with Gasteiger partial charge < -0.3 is 5.32 Å². The van der Waals surface area contributed by atoms with Crippen molar-refractivity contribution in [3.63, 3.8) is 0 Å². The molecule has 0 radical (unpaired) electrons. The number of rotatable bonds is 4. The van der Waals surface area contributed by atoms with Crippen LogP contribution in [-0.2, 0) is 26.3 Å². The minimum absolute atomic E-state index is 0.0537. The van der Waals surface area contributed by atoms with Crippen LogP contribution in [0.3, 0.4) is 0 Å². The van der Waals surface area contributed by atoms with Gasteiger partial charge in [0.05, 0.1) is 18.1 Å². The normalized spacial score (nSPS) is 11.8. The summed E-state index contributed by atoms with van der Waals surface area (Å²) in [6, 6.07) is 0. The molecule has 0 atom stereocenters. The second-order valence-electron chi connectivity index (χ2n) is 4.08. The second kappa shape index (κ2) is 4.94. The van der Waals surface area contributed by atoms with Crippen LogP contribution in [0.5, 0.6) is 0 Å². The summed E-state index contributed by atoms with van der Waals surface area (Å²) in [5, 5.41) is 10.6. The number of anilines is 1. The highest BCUT2D eigenvalue weighted by molar-refractivity contribution is 5.39.